The molecule has 0 amide bonds. The van der Waals surface area contributed by atoms with Crippen LogP contribution in [0.25, 0.3) is 10.9 Å². The van der Waals surface area contributed by atoms with Crippen molar-refractivity contribution >= 4 is 10.9 Å². The van der Waals surface area contributed by atoms with Gasteiger partial charge in [-0.3, -0.25) is 4.68 Å². The van der Waals surface area contributed by atoms with E-state index in [0.29, 0.717) is 5.92 Å². The molecule has 0 radical (unpaired) electrons. The second kappa shape index (κ2) is 5.80. The van der Waals surface area contributed by atoms with Gasteiger partial charge >= 0.3 is 0 Å². The summed E-state index contributed by atoms with van der Waals surface area (Å²) in [7, 11) is 0. The van der Waals surface area contributed by atoms with Gasteiger partial charge in [0.2, 0.25) is 0 Å². The highest BCUT2D eigenvalue weighted by molar-refractivity contribution is 5.82. The highest BCUT2D eigenvalue weighted by Crippen LogP contribution is 2.37. The zero-order chi connectivity index (χ0) is 14.9. The number of para-hydroxylation sites is 1. The molecule has 2 unspecified atom stereocenters. The van der Waals surface area contributed by atoms with Gasteiger partial charge in [0, 0.05) is 23.9 Å². The zero-order valence-corrected chi connectivity index (χ0v) is 13.3. The SMILES string of the molecule is CCC1CCCCC1(N)Cc1nn(CC)c2ccccc12. The summed E-state index contributed by atoms with van der Waals surface area (Å²) < 4.78 is 2.11. The number of nitrogens with two attached hydrogens (primary N) is 1. The van der Waals surface area contributed by atoms with Crippen molar-refractivity contribution in [3.05, 3.63) is 30.0 Å². The van der Waals surface area contributed by atoms with Gasteiger partial charge in [0.05, 0.1) is 11.2 Å². The van der Waals surface area contributed by atoms with Crippen molar-refractivity contribution in [3.8, 4) is 0 Å². The van der Waals surface area contributed by atoms with Gasteiger partial charge in [-0.25, -0.2) is 0 Å². The molecule has 21 heavy (non-hydrogen) atoms. The van der Waals surface area contributed by atoms with Gasteiger partial charge in [0.15, 0.2) is 0 Å². The molecule has 114 valence electrons. The number of hydrogen-bond acceptors (Lipinski definition) is 2. The standard InChI is InChI=1S/C18H27N3/c1-3-14-9-7-8-12-18(14,19)13-16-15-10-5-6-11-17(15)21(4-2)20-16/h5-6,10-11,14H,3-4,7-9,12-13,19H2,1-2H3. The number of rotatable bonds is 4. The first kappa shape index (κ1) is 14.6. The second-order valence-corrected chi connectivity index (χ2v) is 6.54. The number of fused-ring (bicyclic) bond motifs is 1. The van der Waals surface area contributed by atoms with Gasteiger partial charge in [-0.2, -0.15) is 5.10 Å². The van der Waals surface area contributed by atoms with E-state index >= 15 is 0 Å². The van der Waals surface area contributed by atoms with Crippen molar-refractivity contribution in [2.45, 2.75) is 64.5 Å². The topological polar surface area (TPSA) is 43.8 Å². The quantitative estimate of drug-likeness (QED) is 0.926. The molecule has 2 atom stereocenters. The minimum absolute atomic E-state index is 0.0668. The van der Waals surface area contributed by atoms with Crippen molar-refractivity contribution in [1.29, 1.82) is 0 Å². The summed E-state index contributed by atoms with van der Waals surface area (Å²) in [5.41, 5.74) is 9.20. The van der Waals surface area contributed by atoms with Crippen LogP contribution in [0.4, 0.5) is 0 Å². The minimum Gasteiger partial charge on any atom is -0.324 e. The molecule has 2 aromatic rings. The summed E-state index contributed by atoms with van der Waals surface area (Å²) >= 11 is 0. The lowest BCUT2D eigenvalue weighted by atomic mass is 9.69. The van der Waals surface area contributed by atoms with E-state index in [0.717, 1.165) is 19.4 Å². The third kappa shape index (κ3) is 2.59. The summed E-state index contributed by atoms with van der Waals surface area (Å²) in [6.45, 7) is 5.34. The second-order valence-electron chi connectivity index (χ2n) is 6.54. The fraction of sp³-hybridized carbons (Fsp3) is 0.611. The van der Waals surface area contributed by atoms with E-state index in [1.165, 1.54) is 42.3 Å². The Kier molecular flexibility index (Phi) is 4.03. The monoisotopic (exact) mass is 285 g/mol. The van der Waals surface area contributed by atoms with Gasteiger partial charge in [-0.15, -0.1) is 0 Å². The largest absolute Gasteiger partial charge is 0.324 e. The maximum Gasteiger partial charge on any atom is 0.0721 e. The van der Waals surface area contributed by atoms with Crippen LogP contribution in [0.1, 0.15) is 51.6 Å². The Morgan fingerprint density at radius 3 is 2.86 bits per heavy atom. The molecular weight excluding hydrogens is 258 g/mol. The molecule has 1 aliphatic carbocycles. The number of hydrogen-bond donors (Lipinski definition) is 1. The highest BCUT2D eigenvalue weighted by Gasteiger charge is 2.37. The molecule has 1 heterocycles. The molecule has 0 aliphatic heterocycles. The summed E-state index contributed by atoms with van der Waals surface area (Å²) in [6.07, 6.45) is 7.11. The van der Waals surface area contributed by atoms with Crippen LogP contribution in [0.5, 0.6) is 0 Å². The average Bonchev–Trinajstić information content (AvgIpc) is 2.85. The van der Waals surface area contributed by atoms with Gasteiger partial charge in [0.1, 0.15) is 0 Å². The Hall–Kier alpha value is -1.35. The first-order valence-corrected chi connectivity index (χ1v) is 8.41. The maximum atomic E-state index is 6.84. The molecule has 1 aromatic heterocycles. The van der Waals surface area contributed by atoms with E-state index in [9.17, 15) is 0 Å². The molecule has 1 aliphatic rings. The molecule has 1 aromatic carbocycles. The van der Waals surface area contributed by atoms with Crippen LogP contribution in [0.2, 0.25) is 0 Å². The molecule has 3 nitrogen and oxygen atoms in total. The normalized spacial score (nSPS) is 26.3. The summed E-state index contributed by atoms with van der Waals surface area (Å²) in [4.78, 5) is 0. The summed E-state index contributed by atoms with van der Waals surface area (Å²) in [5.74, 6) is 0.636. The molecular formula is C18H27N3. The van der Waals surface area contributed by atoms with E-state index in [1.54, 1.807) is 0 Å². The first-order valence-electron chi connectivity index (χ1n) is 8.41. The van der Waals surface area contributed by atoms with E-state index in [1.807, 2.05) is 0 Å². The highest BCUT2D eigenvalue weighted by atomic mass is 15.3. The lowest BCUT2D eigenvalue weighted by Crippen LogP contribution is -2.51. The fourth-order valence-electron chi connectivity index (χ4n) is 4.06. The summed E-state index contributed by atoms with van der Waals surface area (Å²) in [5, 5.41) is 6.13. The van der Waals surface area contributed by atoms with Crippen molar-refractivity contribution in [2.75, 3.05) is 0 Å². The lowest BCUT2D eigenvalue weighted by molar-refractivity contribution is 0.181. The van der Waals surface area contributed by atoms with Crippen LogP contribution in [-0.2, 0) is 13.0 Å². The molecule has 1 saturated carbocycles. The van der Waals surface area contributed by atoms with Crippen LogP contribution in [0.15, 0.2) is 24.3 Å². The van der Waals surface area contributed by atoms with E-state index in [2.05, 4.69) is 42.8 Å². The lowest BCUT2D eigenvalue weighted by Gasteiger charge is -2.41. The Morgan fingerprint density at radius 1 is 1.29 bits per heavy atom. The van der Waals surface area contributed by atoms with Crippen LogP contribution in [0.3, 0.4) is 0 Å². The molecule has 0 spiro atoms. The van der Waals surface area contributed by atoms with Crippen molar-refractivity contribution in [2.24, 2.45) is 11.7 Å². The van der Waals surface area contributed by atoms with Crippen molar-refractivity contribution < 1.29 is 0 Å². The third-order valence-electron chi connectivity index (χ3n) is 5.28. The molecule has 3 rings (SSSR count). The first-order chi connectivity index (χ1) is 10.2. The Balaban J connectivity index is 1.97. The van der Waals surface area contributed by atoms with Crippen LogP contribution >= 0.6 is 0 Å². The van der Waals surface area contributed by atoms with Gasteiger partial charge < -0.3 is 5.73 Å². The zero-order valence-electron chi connectivity index (χ0n) is 13.3. The maximum absolute atomic E-state index is 6.84. The van der Waals surface area contributed by atoms with E-state index < -0.39 is 0 Å². The number of nitrogens with zero attached hydrogens (tertiary/aromatic N) is 2. The summed E-state index contributed by atoms with van der Waals surface area (Å²) in [6, 6.07) is 8.55. The number of aromatic nitrogens is 2. The molecule has 3 heteroatoms. The van der Waals surface area contributed by atoms with Crippen molar-refractivity contribution in [3.63, 3.8) is 0 Å². The van der Waals surface area contributed by atoms with Crippen LogP contribution < -0.4 is 5.73 Å². The molecule has 0 bridgehead atoms. The average molecular weight is 285 g/mol. The van der Waals surface area contributed by atoms with E-state index in [4.69, 9.17) is 10.8 Å². The Morgan fingerprint density at radius 2 is 2.10 bits per heavy atom. The Labute approximate surface area is 127 Å². The van der Waals surface area contributed by atoms with Crippen molar-refractivity contribution in [1.82, 2.24) is 9.78 Å². The predicted octanol–water partition coefficient (Wildman–Crippen LogP) is 3.90. The van der Waals surface area contributed by atoms with Crippen LogP contribution in [-0.4, -0.2) is 15.3 Å². The van der Waals surface area contributed by atoms with Crippen LogP contribution in [0, 0.1) is 5.92 Å². The Bertz CT molecular complexity index is 616. The molecule has 0 saturated heterocycles. The minimum atomic E-state index is -0.0668. The number of aryl methyl sites for hydroxylation is 1. The smallest absolute Gasteiger partial charge is 0.0721 e. The molecule has 2 N–H and O–H groups in total. The predicted molar refractivity (Wildman–Crippen MR) is 88.3 cm³/mol. The van der Waals surface area contributed by atoms with Gasteiger partial charge in [-0.05, 0) is 31.7 Å². The molecule has 1 fully saturated rings. The van der Waals surface area contributed by atoms with Gasteiger partial charge in [-0.1, -0.05) is 44.4 Å². The third-order valence-corrected chi connectivity index (χ3v) is 5.28. The number of benzene rings is 1. The fourth-order valence-corrected chi connectivity index (χ4v) is 4.06. The van der Waals surface area contributed by atoms with Gasteiger partial charge in [0.25, 0.3) is 0 Å². The van der Waals surface area contributed by atoms with E-state index in [-0.39, 0.29) is 5.54 Å².